The van der Waals surface area contributed by atoms with E-state index in [9.17, 15) is 9.59 Å². The number of amides is 1. The average molecular weight is 290 g/mol. The van der Waals surface area contributed by atoms with Crippen LogP contribution in [0.1, 0.15) is 35.7 Å². The molecule has 1 saturated heterocycles. The second-order valence-corrected chi connectivity index (χ2v) is 5.28. The normalized spacial score (nSPS) is 15.8. The lowest BCUT2D eigenvalue weighted by molar-refractivity contribution is -0.131. The van der Waals surface area contributed by atoms with Gasteiger partial charge >= 0.3 is 5.97 Å². The summed E-state index contributed by atoms with van der Waals surface area (Å²) in [7, 11) is 1.37. The molecule has 0 aliphatic carbocycles. The van der Waals surface area contributed by atoms with Crippen LogP contribution in [0.5, 0.6) is 0 Å². The van der Waals surface area contributed by atoms with Crippen LogP contribution in [0.2, 0.25) is 0 Å². The third-order valence-electron chi connectivity index (χ3n) is 3.81. The number of carbonyl (C=O) groups is 2. The van der Waals surface area contributed by atoms with Crippen molar-refractivity contribution in [2.75, 3.05) is 20.2 Å². The Morgan fingerprint density at radius 1 is 1.29 bits per heavy atom. The molecule has 0 spiro atoms. The second-order valence-electron chi connectivity index (χ2n) is 5.28. The van der Waals surface area contributed by atoms with Crippen LogP contribution in [0.3, 0.4) is 0 Å². The number of hydrogen-bond donors (Lipinski definition) is 1. The molecule has 1 aromatic rings. The third kappa shape index (κ3) is 3.82. The number of nitrogens with zero attached hydrogens (tertiary/aromatic N) is 1. The fourth-order valence-electron chi connectivity index (χ4n) is 2.55. The number of rotatable bonds is 5. The van der Waals surface area contributed by atoms with Gasteiger partial charge in [0.05, 0.1) is 18.7 Å². The van der Waals surface area contributed by atoms with E-state index in [0.717, 1.165) is 31.5 Å². The van der Waals surface area contributed by atoms with E-state index in [2.05, 4.69) is 5.32 Å². The van der Waals surface area contributed by atoms with Crippen molar-refractivity contribution >= 4 is 11.9 Å². The molecule has 2 rings (SSSR count). The number of likely N-dealkylation sites (tertiary alicyclic amines) is 1. The van der Waals surface area contributed by atoms with Gasteiger partial charge in [-0.25, -0.2) is 4.79 Å². The van der Waals surface area contributed by atoms with Crippen LogP contribution < -0.4 is 5.32 Å². The lowest BCUT2D eigenvalue weighted by Crippen LogP contribution is -2.43. The van der Waals surface area contributed by atoms with Gasteiger partial charge in [-0.15, -0.1) is 0 Å². The molecule has 21 heavy (non-hydrogen) atoms. The minimum atomic E-state index is -0.356. The van der Waals surface area contributed by atoms with Crippen LogP contribution in [0.15, 0.2) is 24.3 Å². The molecule has 1 N–H and O–H groups in total. The molecular formula is C16H22N2O3. The number of ether oxygens (including phenoxy) is 1. The first kappa shape index (κ1) is 15.5. The quantitative estimate of drug-likeness (QED) is 0.836. The molecule has 0 radical (unpaired) electrons. The van der Waals surface area contributed by atoms with Crippen molar-refractivity contribution in [3.05, 3.63) is 35.4 Å². The molecule has 5 nitrogen and oxygen atoms in total. The smallest absolute Gasteiger partial charge is 0.338 e. The molecule has 1 aliphatic rings. The Balaban J connectivity index is 1.96. The SMILES string of the molecule is COC(=O)c1ccccc1CNC(C)C(=O)N1CCCC1. The number of methoxy groups -OCH3 is 1. The van der Waals surface area contributed by atoms with Crippen LogP contribution in [0.4, 0.5) is 0 Å². The molecule has 114 valence electrons. The molecule has 0 saturated carbocycles. The number of nitrogens with one attached hydrogen (secondary N) is 1. The van der Waals surface area contributed by atoms with Crippen LogP contribution in [0, 0.1) is 0 Å². The highest BCUT2D eigenvalue weighted by Crippen LogP contribution is 2.12. The molecule has 5 heteroatoms. The molecule has 1 unspecified atom stereocenters. The fourth-order valence-corrected chi connectivity index (χ4v) is 2.55. The summed E-state index contributed by atoms with van der Waals surface area (Å²) < 4.78 is 4.77. The summed E-state index contributed by atoms with van der Waals surface area (Å²) in [6, 6.07) is 7.02. The third-order valence-corrected chi connectivity index (χ3v) is 3.81. The summed E-state index contributed by atoms with van der Waals surface area (Å²) in [5.41, 5.74) is 1.37. The minimum Gasteiger partial charge on any atom is -0.465 e. The van der Waals surface area contributed by atoms with Gasteiger partial charge in [0.15, 0.2) is 0 Å². The predicted octanol–water partition coefficient (Wildman–Crippen LogP) is 1.57. The zero-order chi connectivity index (χ0) is 15.2. The topological polar surface area (TPSA) is 58.6 Å². The maximum atomic E-state index is 12.2. The van der Waals surface area contributed by atoms with E-state index in [1.165, 1.54) is 7.11 Å². The largest absolute Gasteiger partial charge is 0.465 e. The maximum Gasteiger partial charge on any atom is 0.338 e. The predicted molar refractivity (Wildman–Crippen MR) is 79.9 cm³/mol. The number of carbonyl (C=O) groups excluding carboxylic acids is 2. The van der Waals surface area contributed by atoms with Gasteiger partial charge in [0.2, 0.25) is 5.91 Å². The Hall–Kier alpha value is -1.88. The monoisotopic (exact) mass is 290 g/mol. The van der Waals surface area contributed by atoms with Crippen LogP contribution in [-0.4, -0.2) is 43.0 Å². The number of esters is 1. The van der Waals surface area contributed by atoms with Gasteiger partial charge in [-0.1, -0.05) is 18.2 Å². The maximum absolute atomic E-state index is 12.2. The van der Waals surface area contributed by atoms with Crippen molar-refractivity contribution < 1.29 is 14.3 Å². The summed E-state index contributed by atoms with van der Waals surface area (Å²) in [6.45, 7) is 4.03. The van der Waals surface area contributed by atoms with Gasteiger partial charge in [0.25, 0.3) is 0 Å². The standard InChI is InChI=1S/C16H22N2O3/c1-12(15(19)18-9-5-6-10-18)17-11-13-7-3-4-8-14(13)16(20)21-2/h3-4,7-8,12,17H,5-6,9-11H2,1-2H3. The van der Waals surface area contributed by atoms with Crippen LogP contribution in [-0.2, 0) is 16.1 Å². The van der Waals surface area contributed by atoms with Gasteiger partial charge in [-0.2, -0.15) is 0 Å². The minimum absolute atomic E-state index is 0.128. The Morgan fingerprint density at radius 3 is 2.62 bits per heavy atom. The zero-order valence-electron chi connectivity index (χ0n) is 12.6. The van der Waals surface area contributed by atoms with Crippen molar-refractivity contribution in [1.82, 2.24) is 10.2 Å². The van der Waals surface area contributed by atoms with E-state index in [1.807, 2.05) is 24.0 Å². The first-order valence-electron chi connectivity index (χ1n) is 7.32. The van der Waals surface area contributed by atoms with Gasteiger partial charge in [-0.3, -0.25) is 4.79 Å². The Bertz CT molecular complexity index is 510. The van der Waals surface area contributed by atoms with Gasteiger partial charge in [-0.05, 0) is 31.4 Å². The molecule has 0 aromatic heterocycles. The van der Waals surface area contributed by atoms with E-state index >= 15 is 0 Å². The van der Waals surface area contributed by atoms with Crippen molar-refractivity contribution in [1.29, 1.82) is 0 Å². The summed E-state index contributed by atoms with van der Waals surface area (Å²) in [6.07, 6.45) is 2.17. The van der Waals surface area contributed by atoms with Crippen LogP contribution in [0.25, 0.3) is 0 Å². The molecule has 1 aromatic carbocycles. The summed E-state index contributed by atoms with van der Waals surface area (Å²) in [4.78, 5) is 25.8. The fraction of sp³-hybridized carbons (Fsp3) is 0.500. The van der Waals surface area contributed by atoms with Gasteiger partial charge in [0, 0.05) is 19.6 Å². The van der Waals surface area contributed by atoms with Gasteiger partial charge < -0.3 is 15.0 Å². The van der Waals surface area contributed by atoms with E-state index in [-0.39, 0.29) is 17.9 Å². The van der Waals surface area contributed by atoms with Crippen molar-refractivity contribution in [3.8, 4) is 0 Å². The average Bonchev–Trinajstić information content (AvgIpc) is 3.05. The summed E-state index contributed by atoms with van der Waals surface area (Å²) in [5.74, 6) is -0.228. The Labute approximate surface area is 125 Å². The number of benzene rings is 1. The highest BCUT2D eigenvalue weighted by Gasteiger charge is 2.23. The molecule has 1 heterocycles. The molecule has 1 amide bonds. The second kappa shape index (κ2) is 7.22. The van der Waals surface area contributed by atoms with E-state index in [4.69, 9.17) is 4.74 Å². The Morgan fingerprint density at radius 2 is 1.95 bits per heavy atom. The lowest BCUT2D eigenvalue weighted by atomic mass is 10.1. The molecule has 0 bridgehead atoms. The lowest BCUT2D eigenvalue weighted by Gasteiger charge is -2.21. The number of hydrogen-bond acceptors (Lipinski definition) is 4. The van der Waals surface area contributed by atoms with Crippen LogP contribution >= 0.6 is 0 Å². The summed E-state index contributed by atoms with van der Waals surface area (Å²) in [5, 5.41) is 3.20. The highest BCUT2D eigenvalue weighted by atomic mass is 16.5. The van der Waals surface area contributed by atoms with E-state index < -0.39 is 0 Å². The zero-order valence-corrected chi connectivity index (χ0v) is 12.6. The molecular weight excluding hydrogens is 268 g/mol. The van der Waals surface area contributed by atoms with E-state index in [1.54, 1.807) is 12.1 Å². The molecule has 1 aliphatic heterocycles. The first-order valence-corrected chi connectivity index (χ1v) is 7.32. The van der Waals surface area contributed by atoms with Crippen molar-refractivity contribution in [3.63, 3.8) is 0 Å². The van der Waals surface area contributed by atoms with Crippen molar-refractivity contribution in [2.24, 2.45) is 0 Å². The van der Waals surface area contributed by atoms with Crippen molar-refractivity contribution in [2.45, 2.75) is 32.4 Å². The summed E-state index contributed by atoms with van der Waals surface area (Å²) >= 11 is 0. The Kier molecular flexibility index (Phi) is 5.33. The van der Waals surface area contributed by atoms with Gasteiger partial charge in [0.1, 0.15) is 0 Å². The molecule has 1 atom stereocenters. The molecule has 1 fully saturated rings. The first-order chi connectivity index (χ1) is 10.1. The highest BCUT2D eigenvalue weighted by molar-refractivity contribution is 5.91. The van der Waals surface area contributed by atoms with E-state index in [0.29, 0.717) is 12.1 Å².